The molecule has 0 aromatic rings. The second kappa shape index (κ2) is 7.78. The lowest BCUT2D eigenvalue weighted by atomic mass is 9.82. The minimum atomic E-state index is -1.04. The van der Waals surface area contributed by atoms with Crippen molar-refractivity contribution < 1.29 is 24.2 Å². The molecule has 0 bridgehead atoms. The number of carboxylic acids is 1. The number of nitrogens with one attached hydrogen (secondary N) is 1. The molecule has 6 heteroatoms. The number of carbonyl (C=O) groups is 2. The highest BCUT2D eigenvalue weighted by atomic mass is 16.5. The Bertz CT molecular complexity index is 331. The predicted molar refractivity (Wildman–Crippen MR) is 68.9 cm³/mol. The second-order valence-electron chi connectivity index (χ2n) is 4.63. The summed E-state index contributed by atoms with van der Waals surface area (Å²) in [5.41, 5.74) is 0. The zero-order valence-electron chi connectivity index (χ0n) is 11.1. The van der Waals surface area contributed by atoms with Gasteiger partial charge >= 0.3 is 12.1 Å². The fourth-order valence-electron chi connectivity index (χ4n) is 2.38. The topological polar surface area (TPSA) is 84.9 Å². The Morgan fingerprint density at radius 2 is 2.26 bits per heavy atom. The Labute approximate surface area is 112 Å². The van der Waals surface area contributed by atoms with E-state index < -0.39 is 18.1 Å². The fourth-order valence-corrected chi connectivity index (χ4v) is 2.38. The maximum Gasteiger partial charge on any atom is 0.408 e. The van der Waals surface area contributed by atoms with Gasteiger partial charge in [0.05, 0.1) is 6.10 Å². The van der Waals surface area contributed by atoms with Gasteiger partial charge in [-0.2, -0.15) is 0 Å². The SMILES string of the molecule is C=CCOC(=O)NC(C(=O)O)C1CCCC(OC)C1. The molecule has 19 heavy (non-hydrogen) atoms. The Hall–Kier alpha value is -1.56. The van der Waals surface area contributed by atoms with Gasteiger partial charge in [-0.15, -0.1) is 0 Å². The van der Waals surface area contributed by atoms with Crippen molar-refractivity contribution in [3.8, 4) is 0 Å². The number of carboxylic acid groups (broad SMARTS) is 1. The Balaban J connectivity index is 2.58. The van der Waals surface area contributed by atoms with Crippen molar-refractivity contribution in [2.75, 3.05) is 13.7 Å². The summed E-state index contributed by atoms with van der Waals surface area (Å²) in [5.74, 6) is -1.18. The highest BCUT2D eigenvalue weighted by Gasteiger charge is 2.34. The van der Waals surface area contributed by atoms with Gasteiger partial charge in [0, 0.05) is 7.11 Å². The van der Waals surface area contributed by atoms with E-state index in [-0.39, 0.29) is 18.6 Å². The van der Waals surface area contributed by atoms with Crippen LogP contribution in [0.15, 0.2) is 12.7 Å². The predicted octanol–water partition coefficient (Wildman–Crippen LogP) is 1.56. The molecule has 1 saturated carbocycles. The van der Waals surface area contributed by atoms with Gasteiger partial charge in [-0.25, -0.2) is 9.59 Å². The van der Waals surface area contributed by atoms with Crippen LogP contribution in [0.5, 0.6) is 0 Å². The summed E-state index contributed by atoms with van der Waals surface area (Å²) in [7, 11) is 1.62. The van der Waals surface area contributed by atoms with Crippen LogP contribution in [0.3, 0.4) is 0 Å². The number of hydrogen-bond donors (Lipinski definition) is 2. The van der Waals surface area contributed by atoms with E-state index in [0.717, 1.165) is 19.3 Å². The smallest absolute Gasteiger partial charge is 0.408 e. The number of alkyl carbamates (subject to hydrolysis) is 1. The van der Waals surface area contributed by atoms with Crippen LogP contribution in [0.2, 0.25) is 0 Å². The summed E-state index contributed by atoms with van der Waals surface area (Å²) in [6.45, 7) is 3.48. The molecule has 0 saturated heterocycles. The van der Waals surface area contributed by atoms with Crippen LogP contribution in [0.1, 0.15) is 25.7 Å². The van der Waals surface area contributed by atoms with Crippen molar-refractivity contribution in [1.82, 2.24) is 5.32 Å². The molecule has 0 radical (unpaired) electrons. The molecule has 0 heterocycles. The first kappa shape index (κ1) is 15.5. The van der Waals surface area contributed by atoms with Gasteiger partial charge in [-0.1, -0.05) is 19.1 Å². The summed E-state index contributed by atoms with van der Waals surface area (Å²) in [5, 5.41) is 11.6. The van der Waals surface area contributed by atoms with E-state index >= 15 is 0 Å². The van der Waals surface area contributed by atoms with Crippen molar-refractivity contribution in [2.45, 2.75) is 37.8 Å². The first-order valence-corrected chi connectivity index (χ1v) is 6.38. The number of carbonyl (C=O) groups excluding carboxylic acids is 1. The third-order valence-corrected chi connectivity index (χ3v) is 3.34. The van der Waals surface area contributed by atoms with Crippen LogP contribution in [0, 0.1) is 5.92 Å². The molecule has 2 N–H and O–H groups in total. The minimum Gasteiger partial charge on any atom is -0.480 e. The lowest BCUT2D eigenvalue weighted by molar-refractivity contribution is -0.141. The van der Waals surface area contributed by atoms with Gasteiger partial charge in [-0.05, 0) is 25.2 Å². The monoisotopic (exact) mass is 271 g/mol. The molecule has 3 atom stereocenters. The van der Waals surface area contributed by atoms with Crippen LogP contribution < -0.4 is 5.32 Å². The molecular formula is C13H21NO5. The molecule has 1 aliphatic rings. The first-order chi connectivity index (χ1) is 9.08. The molecule has 6 nitrogen and oxygen atoms in total. The lowest BCUT2D eigenvalue weighted by Crippen LogP contribution is -2.48. The van der Waals surface area contributed by atoms with Gasteiger partial charge in [0.15, 0.2) is 0 Å². The highest BCUT2D eigenvalue weighted by molar-refractivity contribution is 5.80. The average Bonchev–Trinajstić information content (AvgIpc) is 2.42. The fraction of sp³-hybridized carbons (Fsp3) is 0.692. The third kappa shape index (κ3) is 4.90. The standard InChI is InChI=1S/C13H21NO5/c1-3-7-19-13(17)14-11(12(15)16)9-5-4-6-10(8-9)18-2/h3,9-11H,1,4-8H2,2H3,(H,14,17)(H,15,16). The van der Waals surface area contributed by atoms with E-state index in [9.17, 15) is 14.7 Å². The second-order valence-corrected chi connectivity index (χ2v) is 4.63. The molecule has 3 unspecified atom stereocenters. The zero-order chi connectivity index (χ0) is 14.3. The summed E-state index contributed by atoms with van der Waals surface area (Å²) in [4.78, 5) is 22.7. The lowest BCUT2D eigenvalue weighted by Gasteiger charge is -2.32. The van der Waals surface area contributed by atoms with Crippen molar-refractivity contribution in [3.05, 3.63) is 12.7 Å². The van der Waals surface area contributed by atoms with Crippen LogP contribution in [0.4, 0.5) is 4.79 Å². The van der Waals surface area contributed by atoms with Crippen LogP contribution in [0.25, 0.3) is 0 Å². The summed E-state index contributed by atoms with van der Waals surface area (Å²) in [6, 6.07) is -0.935. The molecule has 1 fully saturated rings. The highest BCUT2D eigenvalue weighted by Crippen LogP contribution is 2.28. The van der Waals surface area contributed by atoms with Crippen molar-refractivity contribution in [3.63, 3.8) is 0 Å². The normalized spacial score (nSPS) is 24.3. The molecule has 0 aromatic heterocycles. The number of aliphatic carboxylic acids is 1. The van der Waals surface area contributed by atoms with E-state index in [1.807, 2.05) is 0 Å². The van der Waals surface area contributed by atoms with E-state index in [2.05, 4.69) is 11.9 Å². The molecule has 1 aliphatic carbocycles. The summed E-state index contributed by atoms with van der Waals surface area (Å²) >= 11 is 0. The Morgan fingerprint density at radius 3 is 2.84 bits per heavy atom. The van der Waals surface area contributed by atoms with E-state index in [0.29, 0.717) is 6.42 Å². The molecule has 1 rings (SSSR count). The number of methoxy groups -OCH3 is 1. The van der Waals surface area contributed by atoms with Crippen molar-refractivity contribution >= 4 is 12.1 Å². The number of ether oxygens (including phenoxy) is 2. The van der Waals surface area contributed by atoms with E-state index in [1.165, 1.54) is 6.08 Å². The molecular weight excluding hydrogens is 250 g/mol. The maximum atomic E-state index is 11.4. The third-order valence-electron chi connectivity index (χ3n) is 3.34. The van der Waals surface area contributed by atoms with E-state index in [1.54, 1.807) is 7.11 Å². The van der Waals surface area contributed by atoms with Gasteiger partial charge in [0.1, 0.15) is 12.6 Å². The number of rotatable bonds is 6. The molecule has 0 spiro atoms. The Morgan fingerprint density at radius 1 is 1.53 bits per heavy atom. The summed E-state index contributed by atoms with van der Waals surface area (Å²) < 4.78 is 10.0. The van der Waals surface area contributed by atoms with Crippen LogP contribution in [-0.2, 0) is 14.3 Å². The Kier molecular flexibility index (Phi) is 6.35. The van der Waals surface area contributed by atoms with E-state index in [4.69, 9.17) is 9.47 Å². The maximum absolute atomic E-state index is 11.4. The minimum absolute atomic E-state index is 0.0591. The van der Waals surface area contributed by atoms with Gasteiger partial charge in [0.2, 0.25) is 0 Å². The van der Waals surface area contributed by atoms with Gasteiger partial charge < -0.3 is 19.9 Å². The first-order valence-electron chi connectivity index (χ1n) is 6.38. The van der Waals surface area contributed by atoms with Gasteiger partial charge in [0.25, 0.3) is 0 Å². The van der Waals surface area contributed by atoms with Crippen molar-refractivity contribution in [1.29, 1.82) is 0 Å². The molecule has 0 aromatic carbocycles. The zero-order valence-corrected chi connectivity index (χ0v) is 11.1. The number of hydrogen-bond acceptors (Lipinski definition) is 4. The van der Waals surface area contributed by atoms with Crippen LogP contribution >= 0.6 is 0 Å². The van der Waals surface area contributed by atoms with Gasteiger partial charge in [-0.3, -0.25) is 0 Å². The quantitative estimate of drug-likeness (QED) is 0.716. The van der Waals surface area contributed by atoms with Crippen molar-refractivity contribution in [2.24, 2.45) is 5.92 Å². The molecule has 1 amide bonds. The summed E-state index contributed by atoms with van der Waals surface area (Å²) in [6.07, 6.45) is 3.99. The largest absolute Gasteiger partial charge is 0.480 e. The number of amides is 1. The van der Waals surface area contributed by atoms with Crippen LogP contribution in [-0.4, -0.2) is 43.0 Å². The average molecular weight is 271 g/mol. The molecule has 108 valence electrons. The molecule has 0 aliphatic heterocycles.